The average Bonchev–Trinajstić information content (AvgIpc) is 2.78. The minimum absolute atomic E-state index is 0.0174. The molecule has 0 aliphatic heterocycles. The molecule has 0 radical (unpaired) electrons. The van der Waals surface area contributed by atoms with Crippen molar-refractivity contribution in [3.63, 3.8) is 0 Å². The minimum Gasteiger partial charge on any atom is -0.350 e. The lowest BCUT2D eigenvalue weighted by molar-refractivity contribution is 0.0943. The molecule has 3 aromatic rings. The number of urea groups is 1. The molecular formula is C23H24N4O4S. The molecule has 0 saturated heterocycles. The van der Waals surface area contributed by atoms with Crippen molar-refractivity contribution in [3.05, 3.63) is 84.2 Å². The number of sulfone groups is 1. The number of aromatic nitrogens is 1. The molecule has 0 aliphatic carbocycles. The fourth-order valence-electron chi connectivity index (χ4n) is 2.86. The minimum atomic E-state index is -3.83. The van der Waals surface area contributed by atoms with E-state index >= 15 is 0 Å². The summed E-state index contributed by atoms with van der Waals surface area (Å²) in [5, 5.41) is 8.10. The molecule has 9 heteroatoms. The molecule has 166 valence electrons. The Labute approximate surface area is 187 Å². The van der Waals surface area contributed by atoms with E-state index in [-0.39, 0.29) is 27.3 Å². The van der Waals surface area contributed by atoms with E-state index in [1.807, 2.05) is 19.9 Å². The first-order valence-electron chi connectivity index (χ1n) is 9.95. The maximum atomic E-state index is 13.0. The Morgan fingerprint density at radius 3 is 2.38 bits per heavy atom. The van der Waals surface area contributed by atoms with Crippen LogP contribution in [-0.4, -0.2) is 31.4 Å². The predicted octanol–water partition coefficient (Wildman–Crippen LogP) is 3.37. The van der Waals surface area contributed by atoms with E-state index in [0.717, 1.165) is 5.56 Å². The number of benzene rings is 2. The van der Waals surface area contributed by atoms with Crippen molar-refractivity contribution in [2.24, 2.45) is 0 Å². The topological polar surface area (TPSA) is 117 Å². The van der Waals surface area contributed by atoms with Crippen LogP contribution in [0.1, 0.15) is 29.8 Å². The van der Waals surface area contributed by atoms with Crippen LogP contribution in [-0.2, 0) is 16.4 Å². The van der Waals surface area contributed by atoms with Gasteiger partial charge in [0.1, 0.15) is 0 Å². The molecular weight excluding hydrogens is 428 g/mol. The Hall–Kier alpha value is -3.72. The zero-order valence-corrected chi connectivity index (χ0v) is 18.5. The summed E-state index contributed by atoms with van der Waals surface area (Å²) in [5.74, 6) is -0.339. The summed E-state index contributed by atoms with van der Waals surface area (Å²) in [6.07, 6.45) is 3.30. The molecule has 2 aromatic carbocycles. The highest BCUT2D eigenvalue weighted by atomic mass is 32.2. The summed E-state index contributed by atoms with van der Waals surface area (Å²) in [6.45, 7) is 3.97. The van der Waals surface area contributed by atoms with Crippen molar-refractivity contribution in [1.29, 1.82) is 0 Å². The van der Waals surface area contributed by atoms with Crippen LogP contribution in [0, 0.1) is 0 Å². The molecule has 0 unspecified atom stereocenters. The summed E-state index contributed by atoms with van der Waals surface area (Å²) in [6, 6.07) is 14.9. The third kappa shape index (κ3) is 5.92. The average molecular weight is 453 g/mol. The van der Waals surface area contributed by atoms with Gasteiger partial charge in [0.05, 0.1) is 9.79 Å². The van der Waals surface area contributed by atoms with Crippen LogP contribution in [0.25, 0.3) is 0 Å². The Morgan fingerprint density at radius 1 is 0.969 bits per heavy atom. The fraction of sp³-hybridized carbons (Fsp3) is 0.174. The van der Waals surface area contributed by atoms with Gasteiger partial charge in [0, 0.05) is 36.2 Å². The first-order valence-corrected chi connectivity index (χ1v) is 11.4. The largest absolute Gasteiger partial charge is 0.350 e. The summed E-state index contributed by atoms with van der Waals surface area (Å²) < 4.78 is 26.0. The highest BCUT2D eigenvalue weighted by Gasteiger charge is 2.19. The van der Waals surface area contributed by atoms with E-state index in [1.54, 1.807) is 24.5 Å². The van der Waals surface area contributed by atoms with Crippen LogP contribution in [0.2, 0.25) is 0 Å². The van der Waals surface area contributed by atoms with E-state index in [2.05, 4.69) is 20.9 Å². The Bertz CT molecular complexity index is 1190. The maximum absolute atomic E-state index is 13.0. The number of carbonyl (C=O) groups is 2. The summed E-state index contributed by atoms with van der Waals surface area (Å²) >= 11 is 0. The number of hydrogen-bond donors (Lipinski definition) is 3. The molecule has 0 bridgehead atoms. The van der Waals surface area contributed by atoms with E-state index in [1.165, 1.54) is 42.5 Å². The van der Waals surface area contributed by atoms with Crippen LogP contribution in [0.15, 0.2) is 82.8 Å². The van der Waals surface area contributed by atoms with Gasteiger partial charge in [-0.1, -0.05) is 12.1 Å². The molecule has 0 spiro atoms. The Morgan fingerprint density at radius 2 is 1.72 bits per heavy atom. The number of pyridine rings is 1. The van der Waals surface area contributed by atoms with E-state index < -0.39 is 15.9 Å². The van der Waals surface area contributed by atoms with Gasteiger partial charge in [-0.3, -0.25) is 9.78 Å². The van der Waals surface area contributed by atoms with Gasteiger partial charge in [0.25, 0.3) is 5.91 Å². The quantitative estimate of drug-likeness (QED) is 0.508. The van der Waals surface area contributed by atoms with Crippen LogP contribution in [0.4, 0.5) is 10.5 Å². The van der Waals surface area contributed by atoms with Crippen LogP contribution >= 0.6 is 0 Å². The van der Waals surface area contributed by atoms with Crippen molar-refractivity contribution in [1.82, 2.24) is 15.6 Å². The normalized spacial score (nSPS) is 11.1. The molecule has 1 aromatic heterocycles. The van der Waals surface area contributed by atoms with Crippen molar-refractivity contribution < 1.29 is 18.0 Å². The third-order valence-electron chi connectivity index (χ3n) is 4.42. The lowest BCUT2D eigenvalue weighted by Gasteiger charge is -2.11. The van der Waals surface area contributed by atoms with Gasteiger partial charge in [0.2, 0.25) is 9.84 Å². The lowest BCUT2D eigenvalue weighted by atomic mass is 10.2. The molecule has 8 nitrogen and oxygen atoms in total. The van der Waals surface area contributed by atoms with Gasteiger partial charge in [0.15, 0.2) is 0 Å². The van der Waals surface area contributed by atoms with Gasteiger partial charge in [-0.2, -0.15) is 0 Å². The molecule has 3 rings (SSSR count). The maximum Gasteiger partial charge on any atom is 0.319 e. The molecule has 3 amide bonds. The molecule has 0 atom stereocenters. The summed E-state index contributed by atoms with van der Waals surface area (Å²) in [7, 11) is -3.83. The second-order valence-corrected chi connectivity index (χ2v) is 9.30. The van der Waals surface area contributed by atoms with Crippen molar-refractivity contribution in [3.8, 4) is 0 Å². The Kier molecular flexibility index (Phi) is 7.21. The van der Waals surface area contributed by atoms with Crippen molar-refractivity contribution in [2.75, 3.05) is 5.32 Å². The molecule has 0 saturated carbocycles. The predicted molar refractivity (Wildman–Crippen MR) is 121 cm³/mol. The SMILES string of the molecule is CC(C)NC(=O)c1cccc(S(=O)(=O)c2ccc(NC(=O)NCc3cccnc3)cc2)c1. The van der Waals surface area contributed by atoms with E-state index in [0.29, 0.717) is 12.2 Å². The first kappa shape index (κ1) is 23.0. The lowest BCUT2D eigenvalue weighted by Crippen LogP contribution is -2.30. The number of rotatable bonds is 7. The molecule has 0 aliphatic rings. The highest BCUT2D eigenvalue weighted by molar-refractivity contribution is 7.91. The van der Waals surface area contributed by atoms with Gasteiger partial charge in [-0.05, 0) is 67.9 Å². The molecule has 32 heavy (non-hydrogen) atoms. The van der Waals surface area contributed by atoms with E-state index in [9.17, 15) is 18.0 Å². The number of hydrogen-bond acceptors (Lipinski definition) is 5. The molecule has 0 fully saturated rings. The number of nitrogens with one attached hydrogen (secondary N) is 3. The standard InChI is InChI=1S/C23H24N4O4S/c1-16(2)26-22(28)18-6-3-7-21(13-18)32(30,31)20-10-8-19(9-11-20)27-23(29)25-15-17-5-4-12-24-14-17/h3-14,16H,15H2,1-2H3,(H,26,28)(H2,25,27,29). The third-order valence-corrected chi connectivity index (χ3v) is 6.19. The van der Waals surface area contributed by atoms with E-state index in [4.69, 9.17) is 0 Å². The first-order chi connectivity index (χ1) is 15.3. The van der Waals surface area contributed by atoms with Gasteiger partial charge in [-0.15, -0.1) is 0 Å². The fourth-order valence-corrected chi connectivity index (χ4v) is 4.17. The zero-order valence-electron chi connectivity index (χ0n) is 17.7. The molecule has 1 heterocycles. The van der Waals surface area contributed by atoms with Gasteiger partial charge in [-0.25, -0.2) is 13.2 Å². The number of carbonyl (C=O) groups excluding carboxylic acids is 2. The summed E-state index contributed by atoms with van der Waals surface area (Å²) in [4.78, 5) is 28.3. The van der Waals surface area contributed by atoms with Crippen LogP contribution < -0.4 is 16.0 Å². The number of anilines is 1. The second kappa shape index (κ2) is 10.1. The highest BCUT2D eigenvalue weighted by Crippen LogP contribution is 2.23. The Balaban J connectivity index is 1.68. The monoisotopic (exact) mass is 452 g/mol. The molecule has 3 N–H and O–H groups in total. The van der Waals surface area contributed by atoms with Crippen molar-refractivity contribution in [2.45, 2.75) is 36.2 Å². The van der Waals surface area contributed by atoms with Crippen LogP contribution in [0.3, 0.4) is 0 Å². The number of nitrogens with zero attached hydrogens (tertiary/aromatic N) is 1. The van der Waals surface area contributed by atoms with Crippen molar-refractivity contribution >= 4 is 27.5 Å². The number of amides is 3. The zero-order chi connectivity index (χ0) is 23.1. The summed E-state index contributed by atoms with van der Waals surface area (Å²) in [5.41, 5.74) is 1.56. The van der Waals surface area contributed by atoms with Crippen LogP contribution in [0.5, 0.6) is 0 Å². The van der Waals surface area contributed by atoms with Gasteiger partial charge < -0.3 is 16.0 Å². The smallest absolute Gasteiger partial charge is 0.319 e. The second-order valence-electron chi connectivity index (χ2n) is 7.35. The van der Waals surface area contributed by atoms with Gasteiger partial charge >= 0.3 is 6.03 Å².